The molecule has 0 fully saturated rings. The fourth-order valence-corrected chi connectivity index (χ4v) is 1.69. The molecule has 1 aromatic carbocycles. The fraction of sp³-hybridized carbons (Fsp3) is 0.0833. The number of hydrogen-bond donors (Lipinski definition) is 1. The maximum atomic E-state index is 5.81. The molecular formula is C12H11BrClN2+. The largest absolute Gasteiger partial charge is 0.272 e. The molecule has 0 saturated carbocycles. The van der Waals surface area contributed by atoms with E-state index in [0.717, 1.165) is 21.9 Å². The number of rotatable bonds is 3. The molecule has 1 heterocycles. The van der Waals surface area contributed by atoms with Crippen LogP contribution in [0.3, 0.4) is 0 Å². The highest BCUT2D eigenvalue weighted by atomic mass is 79.9. The van der Waals surface area contributed by atoms with Crippen LogP contribution in [0, 0.1) is 0 Å². The van der Waals surface area contributed by atoms with Crippen LogP contribution in [0.15, 0.2) is 47.1 Å². The lowest BCUT2D eigenvalue weighted by Crippen LogP contribution is -2.12. The third-order valence-electron chi connectivity index (χ3n) is 2.17. The van der Waals surface area contributed by atoms with Crippen molar-refractivity contribution in [1.82, 2.24) is 0 Å². The number of pyridine rings is 1. The van der Waals surface area contributed by atoms with Crippen LogP contribution < -0.4 is 10.3 Å². The van der Waals surface area contributed by atoms with E-state index < -0.39 is 0 Å². The predicted molar refractivity (Wildman–Crippen MR) is 69.5 cm³/mol. The molecule has 0 unspecified atom stereocenters. The fourth-order valence-electron chi connectivity index (χ4n) is 1.32. The number of aromatic nitrogens is 1. The molecular weight excluding hydrogens is 288 g/mol. The zero-order valence-corrected chi connectivity index (χ0v) is 10.8. The minimum Gasteiger partial charge on any atom is -0.270 e. The van der Waals surface area contributed by atoms with E-state index in [0.29, 0.717) is 0 Å². The van der Waals surface area contributed by atoms with Crippen molar-refractivity contribution < 1.29 is 4.98 Å². The average molecular weight is 299 g/mol. The molecule has 16 heavy (non-hydrogen) atoms. The number of anilines is 1. The molecule has 2 N–H and O–H groups in total. The first-order valence-electron chi connectivity index (χ1n) is 4.89. The summed E-state index contributed by atoms with van der Waals surface area (Å²) < 4.78 is 1.03. The lowest BCUT2D eigenvalue weighted by Gasteiger charge is -1.99. The van der Waals surface area contributed by atoms with Crippen molar-refractivity contribution in [3.63, 3.8) is 0 Å². The summed E-state index contributed by atoms with van der Waals surface area (Å²) in [6.45, 7) is 0.773. The maximum Gasteiger partial charge on any atom is 0.272 e. The Morgan fingerprint density at radius 1 is 1.12 bits per heavy atom. The van der Waals surface area contributed by atoms with Crippen molar-refractivity contribution >= 4 is 33.3 Å². The molecule has 2 nitrogen and oxygen atoms in total. The first-order valence-corrected chi connectivity index (χ1v) is 6.07. The summed E-state index contributed by atoms with van der Waals surface area (Å²) in [7, 11) is 0. The first-order chi connectivity index (χ1) is 7.74. The lowest BCUT2D eigenvalue weighted by molar-refractivity contribution is -0.362. The van der Waals surface area contributed by atoms with Gasteiger partial charge in [-0.1, -0.05) is 23.7 Å². The highest BCUT2D eigenvalue weighted by Gasteiger charge is 2.01. The standard InChI is InChI=1S/C12H10BrClN2/c13-10-3-6-12(16-8-10)15-7-9-1-4-11(14)5-2-9/h1-6,8H,7H2,(H,15,16)/p+1. The Labute approximate surface area is 108 Å². The second-order valence-corrected chi connectivity index (χ2v) is 4.75. The van der Waals surface area contributed by atoms with Gasteiger partial charge in [0, 0.05) is 11.1 Å². The molecule has 0 spiro atoms. The van der Waals surface area contributed by atoms with E-state index in [9.17, 15) is 0 Å². The number of nitrogens with one attached hydrogen (secondary N) is 2. The predicted octanol–water partition coefficient (Wildman–Crippen LogP) is 3.53. The lowest BCUT2D eigenvalue weighted by atomic mass is 10.2. The molecule has 0 saturated heterocycles. The van der Waals surface area contributed by atoms with E-state index in [1.807, 2.05) is 42.6 Å². The van der Waals surface area contributed by atoms with Crippen molar-refractivity contribution in [2.75, 3.05) is 5.32 Å². The molecule has 2 aromatic rings. The molecule has 0 bridgehead atoms. The Kier molecular flexibility index (Phi) is 3.80. The van der Waals surface area contributed by atoms with Gasteiger partial charge in [0.15, 0.2) is 0 Å². The van der Waals surface area contributed by atoms with Gasteiger partial charge in [-0.05, 0) is 39.7 Å². The Morgan fingerprint density at radius 3 is 2.50 bits per heavy atom. The summed E-state index contributed by atoms with van der Waals surface area (Å²) in [5, 5.41) is 4.05. The number of hydrogen-bond acceptors (Lipinski definition) is 1. The van der Waals surface area contributed by atoms with Crippen molar-refractivity contribution in [2.45, 2.75) is 6.54 Å². The molecule has 2 rings (SSSR count). The van der Waals surface area contributed by atoms with Gasteiger partial charge in [-0.15, -0.1) is 0 Å². The minimum absolute atomic E-state index is 0.763. The van der Waals surface area contributed by atoms with Crippen LogP contribution in [-0.2, 0) is 6.54 Å². The summed E-state index contributed by atoms with van der Waals surface area (Å²) in [4.78, 5) is 3.13. The van der Waals surface area contributed by atoms with Crippen LogP contribution in [0.4, 0.5) is 5.82 Å². The van der Waals surface area contributed by atoms with Crippen molar-refractivity contribution in [1.29, 1.82) is 0 Å². The third kappa shape index (κ3) is 3.22. The summed E-state index contributed by atoms with van der Waals surface area (Å²) >= 11 is 9.19. The van der Waals surface area contributed by atoms with Crippen LogP contribution >= 0.6 is 27.5 Å². The summed E-state index contributed by atoms with van der Waals surface area (Å²) in [5.41, 5.74) is 1.20. The molecule has 0 aliphatic rings. The van der Waals surface area contributed by atoms with E-state index in [1.165, 1.54) is 5.56 Å². The van der Waals surface area contributed by atoms with Crippen LogP contribution in [0.1, 0.15) is 5.56 Å². The van der Waals surface area contributed by atoms with Gasteiger partial charge in [-0.3, -0.25) is 5.32 Å². The zero-order chi connectivity index (χ0) is 11.4. The number of aromatic amines is 1. The van der Waals surface area contributed by atoms with E-state index in [4.69, 9.17) is 11.6 Å². The normalized spacial score (nSPS) is 10.1. The van der Waals surface area contributed by atoms with Gasteiger partial charge in [-0.2, -0.15) is 0 Å². The Hall–Kier alpha value is -1.06. The van der Waals surface area contributed by atoms with E-state index in [1.54, 1.807) is 0 Å². The van der Waals surface area contributed by atoms with E-state index in [-0.39, 0.29) is 0 Å². The summed E-state index contributed by atoms with van der Waals surface area (Å²) in [5.74, 6) is 0.984. The second kappa shape index (κ2) is 5.32. The topological polar surface area (TPSA) is 26.2 Å². The molecule has 0 aliphatic carbocycles. The summed E-state index contributed by atoms with van der Waals surface area (Å²) in [6, 6.07) is 11.8. The number of halogens is 2. The van der Waals surface area contributed by atoms with Crippen LogP contribution in [-0.4, -0.2) is 0 Å². The monoisotopic (exact) mass is 297 g/mol. The molecule has 82 valence electrons. The molecule has 0 radical (unpaired) electrons. The van der Waals surface area contributed by atoms with Gasteiger partial charge in [-0.25, -0.2) is 4.98 Å². The minimum atomic E-state index is 0.763. The van der Waals surface area contributed by atoms with Crippen LogP contribution in [0.25, 0.3) is 0 Å². The van der Waals surface area contributed by atoms with Crippen LogP contribution in [0.2, 0.25) is 5.02 Å². The van der Waals surface area contributed by atoms with Gasteiger partial charge >= 0.3 is 0 Å². The zero-order valence-electron chi connectivity index (χ0n) is 8.50. The Morgan fingerprint density at radius 2 is 1.88 bits per heavy atom. The maximum absolute atomic E-state index is 5.81. The highest BCUT2D eigenvalue weighted by molar-refractivity contribution is 9.10. The van der Waals surface area contributed by atoms with Crippen molar-refractivity contribution in [3.8, 4) is 0 Å². The van der Waals surface area contributed by atoms with Gasteiger partial charge in [0.05, 0.1) is 4.47 Å². The highest BCUT2D eigenvalue weighted by Crippen LogP contribution is 2.11. The van der Waals surface area contributed by atoms with Gasteiger partial charge < -0.3 is 0 Å². The molecule has 0 amide bonds. The van der Waals surface area contributed by atoms with Gasteiger partial charge in [0.1, 0.15) is 12.7 Å². The van der Waals surface area contributed by atoms with Gasteiger partial charge in [0.2, 0.25) is 0 Å². The Bertz CT molecular complexity index is 408. The average Bonchev–Trinajstić information content (AvgIpc) is 2.30. The van der Waals surface area contributed by atoms with Crippen molar-refractivity contribution in [2.24, 2.45) is 0 Å². The second-order valence-electron chi connectivity index (χ2n) is 3.40. The van der Waals surface area contributed by atoms with E-state index in [2.05, 4.69) is 26.2 Å². The quantitative estimate of drug-likeness (QED) is 0.922. The molecule has 4 heteroatoms. The Balaban J connectivity index is 1.97. The molecule has 0 aliphatic heterocycles. The number of benzene rings is 1. The van der Waals surface area contributed by atoms with Gasteiger partial charge in [0.25, 0.3) is 5.82 Å². The molecule has 0 atom stereocenters. The molecule has 1 aromatic heterocycles. The first kappa shape index (κ1) is 11.4. The van der Waals surface area contributed by atoms with Crippen molar-refractivity contribution in [3.05, 3.63) is 57.7 Å². The van der Waals surface area contributed by atoms with E-state index >= 15 is 0 Å². The summed E-state index contributed by atoms with van der Waals surface area (Å²) in [6.07, 6.45) is 1.89. The SMILES string of the molecule is Clc1ccc(CNc2ccc(Br)c[nH+]2)cc1. The smallest absolute Gasteiger partial charge is 0.270 e. The third-order valence-corrected chi connectivity index (χ3v) is 2.92. The van der Waals surface area contributed by atoms with Crippen LogP contribution in [0.5, 0.6) is 0 Å². The number of H-pyrrole nitrogens is 1.